The summed E-state index contributed by atoms with van der Waals surface area (Å²) in [4.78, 5) is 24.6. The van der Waals surface area contributed by atoms with Crippen LogP contribution in [0.1, 0.15) is 41.4 Å². The van der Waals surface area contributed by atoms with Crippen molar-refractivity contribution in [1.82, 2.24) is 19.4 Å². The van der Waals surface area contributed by atoms with Crippen molar-refractivity contribution in [2.45, 2.75) is 45.6 Å². The second-order valence-electron chi connectivity index (χ2n) is 5.81. The fourth-order valence-electron chi connectivity index (χ4n) is 3.01. The largest absolute Gasteiger partial charge is 0.340 e. The van der Waals surface area contributed by atoms with Crippen LogP contribution in [0, 0.1) is 6.92 Å². The lowest BCUT2D eigenvalue weighted by molar-refractivity contribution is -0.133. The van der Waals surface area contributed by atoms with Crippen LogP contribution in [0.4, 0.5) is 0 Å². The highest BCUT2D eigenvalue weighted by Crippen LogP contribution is 2.29. The molecular formula is C16H22N4OS. The first kappa shape index (κ1) is 15.2. The molecule has 2 aromatic rings. The lowest BCUT2D eigenvalue weighted by Gasteiger charge is -2.32. The highest BCUT2D eigenvalue weighted by Gasteiger charge is 2.26. The first-order valence-corrected chi connectivity index (χ1v) is 8.69. The molecule has 0 spiro atoms. The van der Waals surface area contributed by atoms with E-state index in [9.17, 15) is 4.79 Å². The summed E-state index contributed by atoms with van der Waals surface area (Å²) in [5, 5.41) is 1.17. The number of piperidine rings is 1. The van der Waals surface area contributed by atoms with Crippen molar-refractivity contribution in [2.24, 2.45) is 0 Å². The van der Waals surface area contributed by atoms with Gasteiger partial charge in [0.2, 0.25) is 5.91 Å². The van der Waals surface area contributed by atoms with Crippen LogP contribution < -0.4 is 0 Å². The van der Waals surface area contributed by atoms with E-state index in [1.165, 1.54) is 9.88 Å². The molecule has 6 heteroatoms. The molecule has 0 aliphatic carbocycles. The lowest BCUT2D eigenvalue weighted by Crippen LogP contribution is -2.40. The molecular weight excluding hydrogens is 296 g/mol. The Labute approximate surface area is 135 Å². The highest BCUT2D eigenvalue weighted by atomic mass is 32.1. The van der Waals surface area contributed by atoms with Gasteiger partial charge in [0, 0.05) is 48.9 Å². The van der Waals surface area contributed by atoms with Gasteiger partial charge in [-0.3, -0.25) is 4.79 Å². The maximum Gasteiger partial charge on any atom is 0.242 e. The number of likely N-dealkylation sites (tertiary alicyclic amines) is 1. The van der Waals surface area contributed by atoms with Crippen LogP contribution in [0.25, 0.3) is 0 Å². The number of thiazole rings is 1. The van der Waals surface area contributed by atoms with Crippen molar-refractivity contribution >= 4 is 17.2 Å². The molecule has 1 aliphatic heterocycles. The number of hydrogen-bond acceptors (Lipinski definition) is 4. The van der Waals surface area contributed by atoms with E-state index in [1.54, 1.807) is 17.5 Å². The van der Waals surface area contributed by atoms with E-state index in [2.05, 4.69) is 23.8 Å². The molecule has 0 radical (unpaired) electrons. The van der Waals surface area contributed by atoms with Gasteiger partial charge in [-0.15, -0.1) is 11.3 Å². The van der Waals surface area contributed by atoms with Gasteiger partial charge in [0.05, 0.1) is 5.01 Å². The summed E-state index contributed by atoms with van der Waals surface area (Å²) in [6, 6.07) is 0. The summed E-state index contributed by atoms with van der Waals surface area (Å²) < 4.78 is 1.96. The van der Waals surface area contributed by atoms with Crippen LogP contribution in [-0.2, 0) is 17.8 Å². The van der Waals surface area contributed by atoms with Crippen LogP contribution in [0.3, 0.4) is 0 Å². The third kappa shape index (κ3) is 3.21. The molecule has 0 saturated carbocycles. The number of rotatable bonds is 4. The fraction of sp³-hybridized carbons (Fsp3) is 0.562. The van der Waals surface area contributed by atoms with E-state index in [-0.39, 0.29) is 5.91 Å². The van der Waals surface area contributed by atoms with Crippen molar-refractivity contribution in [2.75, 3.05) is 13.1 Å². The van der Waals surface area contributed by atoms with E-state index in [0.717, 1.165) is 38.2 Å². The number of aromatic nitrogens is 3. The molecule has 2 aromatic heterocycles. The summed E-state index contributed by atoms with van der Waals surface area (Å²) in [7, 11) is 0. The van der Waals surface area contributed by atoms with Crippen LogP contribution in [0.15, 0.2) is 18.6 Å². The van der Waals surface area contributed by atoms with Gasteiger partial charge in [0.25, 0.3) is 0 Å². The average Bonchev–Trinajstić information content (AvgIpc) is 3.16. The third-order valence-corrected chi connectivity index (χ3v) is 5.26. The van der Waals surface area contributed by atoms with Crippen LogP contribution in [0.2, 0.25) is 0 Å². The van der Waals surface area contributed by atoms with Gasteiger partial charge in [0.15, 0.2) is 0 Å². The summed E-state index contributed by atoms with van der Waals surface area (Å²) in [6.45, 7) is 6.19. The number of aryl methyl sites for hydroxylation is 2. The number of amides is 1. The normalized spacial score (nSPS) is 18.6. The van der Waals surface area contributed by atoms with Gasteiger partial charge in [-0.25, -0.2) is 9.97 Å². The quantitative estimate of drug-likeness (QED) is 0.871. The first-order valence-electron chi connectivity index (χ1n) is 7.87. The zero-order chi connectivity index (χ0) is 15.5. The van der Waals surface area contributed by atoms with Crippen LogP contribution >= 0.6 is 11.3 Å². The molecule has 0 aromatic carbocycles. The van der Waals surface area contributed by atoms with Crippen molar-refractivity contribution < 1.29 is 4.79 Å². The van der Waals surface area contributed by atoms with E-state index >= 15 is 0 Å². The predicted octanol–water partition coefficient (Wildman–Crippen LogP) is 2.62. The van der Waals surface area contributed by atoms with Gasteiger partial charge >= 0.3 is 0 Å². The van der Waals surface area contributed by atoms with Crippen LogP contribution in [0.5, 0.6) is 0 Å². The number of hydrogen-bond donors (Lipinski definition) is 0. The van der Waals surface area contributed by atoms with E-state index in [4.69, 9.17) is 0 Å². The number of imidazole rings is 1. The molecule has 3 heterocycles. The molecule has 3 rings (SSSR count). The zero-order valence-electron chi connectivity index (χ0n) is 13.2. The molecule has 118 valence electrons. The summed E-state index contributed by atoms with van der Waals surface area (Å²) in [5.74, 6) is 1.55. The van der Waals surface area contributed by atoms with E-state index in [0.29, 0.717) is 12.5 Å². The maximum atomic E-state index is 12.6. The first-order chi connectivity index (χ1) is 10.7. The van der Waals surface area contributed by atoms with Gasteiger partial charge in [-0.05, 0) is 19.8 Å². The standard InChI is InChI=1S/C16H22N4OS/c1-3-14-17-6-8-19(14)11-15(21)20-7-4-5-13(10-20)16-18-9-12(2)22-16/h6,8-9,13H,3-5,7,10-11H2,1-2H3/t13-/m0/s1. The van der Waals surface area contributed by atoms with Gasteiger partial charge in [-0.1, -0.05) is 6.92 Å². The minimum atomic E-state index is 0.186. The molecule has 0 N–H and O–H groups in total. The number of nitrogens with zero attached hydrogens (tertiary/aromatic N) is 4. The Hall–Kier alpha value is -1.69. The molecule has 1 saturated heterocycles. The molecule has 1 fully saturated rings. The molecule has 0 bridgehead atoms. The Balaban J connectivity index is 1.65. The Bertz CT molecular complexity index is 648. The molecule has 22 heavy (non-hydrogen) atoms. The van der Waals surface area contributed by atoms with Crippen molar-refractivity contribution in [3.8, 4) is 0 Å². The van der Waals surface area contributed by atoms with E-state index in [1.807, 2.05) is 21.9 Å². The van der Waals surface area contributed by atoms with E-state index < -0.39 is 0 Å². The Morgan fingerprint density at radius 3 is 3.05 bits per heavy atom. The minimum absolute atomic E-state index is 0.186. The molecule has 5 nitrogen and oxygen atoms in total. The summed E-state index contributed by atoms with van der Waals surface area (Å²) in [6.07, 6.45) is 8.62. The molecule has 1 aliphatic rings. The molecule has 1 atom stereocenters. The summed E-state index contributed by atoms with van der Waals surface area (Å²) in [5.41, 5.74) is 0. The maximum absolute atomic E-state index is 12.6. The Morgan fingerprint density at radius 2 is 2.32 bits per heavy atom. The number of carbonyl (C=O) groups is 1. The fourth-order valence-corrected chi connectivity index (χ4v) is 3.91. The monoisotopic (exact) mass is 318 g/mol. The Kier molecular flexibility index (Phi) is 4.57. The highest BCUT2D eigenvalue weighted by molar-refractivity contribution is 7.11. The minimum Gasteiger partial charge on any atom is -0.340 e. The average molecular weight is 318 g/mol. The van der Waals surface area contributed by atoms with Gasteiger partial charge in [0.1, 0.15) is 12.4 Å². The topological polar surface area (TPSA) is 51.0 Å². The number of carbonyl (C=O) groups excluding carboxylic acids is 1. The summed E-state index contributed by atoms with van der Waals surface area (Å²) >= 11 is 1.76. The second kappa shape index (κ2) is 6.60. The van der Waals surface area contributed by atoms with Crippen molar-refractivity contribution in [1.29, 1.82) is 0 Å². The zero-order valence-corrected chi connectivity index (χ0v) is 14.0. The second-order valence-corrected chi connectivity index (χ2v) is 7.08. The molecule has 0 unspecified atom stereocenters. The Morgan fingerprint density at radius 1 is 1.45 bits per heavy atom. The smallest absolute Gasteiger partial charge is 0.242 e. The SMILES string of the molecule is CCc1nccn1CC(=O)N1CCC[C@H](c2ncc(C)s2)C1. The molecule has 1 amide bonds. The predicted molar refractivity (Wildman–Crippen MR) is 87.0 cm³/mol. The van der Waals surface area contributed by atoms with Crippen molar-refractivity contribution in [3.63, 3.8) is 0 Å². The third-order valence-electron chi connectivity index (χ3n) is 4.19. The lowest BCUT2D eigenvalue weighted by atomic mass is 9.98. The van der Waals surface area contributed by atoms with Gasteiger partial charge < -0.3 is 9.47 Å². The van der Waals surface area contributed by atoms with Crippen molar-refractivity contribution in [3.05, 3.63) is 34.3 Å². The van der Waals surface area contributed by atoms with Crippen LogP contribution in [-0.4, -0.2) is 38.4 Å². The van der Waals surface area contributed by atoms with Gasteiger partial charge in [-0.2, -0.15) is 0 Å².